The van der Waals surface area contributed by atoms with Gasteiger partial charge in [-0.2, -0.15) is 0 Å². The highest BCUT2D eigenvalue weighted by Crippen LogP contribution is 2.31. The molecule has 0 spiro atoms. The summed E-state index contributed by atoms with van der Waals surface area (Å²) in [6.45, 7) is 9.05. The van der Waals surface area contributed by atoms with Crippen LogP contribution in [0.4, 0.5) is 11.4 Å². The molecule has 186 valence electrons. The Hall–Kier alpha value is -3.88. The van der Waals surface area contributed by atoms with Gasteiger partial charge in [-0.1, -0.05) is 13.8 Å². The predicted octanol–water partition coefficient (Wildman–Crippen LogP) is 4.26. The van der Waals surface area contributed by atoms with E-state index >= 15 is 0 Å². The van der Waals surface area contributed by atoms with E-state index in [2.05, 4.69) is 62.3 Å². The van der Waals surface area contributed by atoms with E-state index in [4.69, 9.17) is 4.74 Å². The van der Waals surface area contributed by atoms with Gasteiger partial charge < -0.3 is 20.3 Å². The summed E-state index contributed by atoms with van der Waals surface area (Å²) in [5.41, 5.74) is 6.56. The van der Waals surface area contributed by atoms with Crippen molar-refractivity contribution in [2.45, 2.75) is 20.4 Å². The van der Waals surface area contributed by atoms with Gasteiger partial charge in [0.2, 0.25) is 0 Å². The van der Waals surface area contributed by atoms with Gasteiger partial charge in [0.05, 0.1) is 11.4 Å². The topological polar surface area (TPSA) is 82.9 Å². The number of pyridine rings is 1. The molecular weight excluding hydrogens is 452 g/mol. The summed E-state index contributed by atoms with van der Waals surface area (Å²) in [6, 6.07) is 17.9. The molecule has 3 heterocycles. The van der Waals surface area contributed by atoms with E-state index in [1.807, 2.05) is 42.6 Å². The molecule has 2 aromatic carbocycles. The molecule has 0 saturated heterocycles. The minimum absolute atomic E-state index is 0.0562. The fourth-order valence-corrected chi connectivity index (χ4v) is 4.51. The maximum absolute atomic E-state index is 12.5. The number of likely N-dealkylation sites (N-methyl/N-ethyl adjacent to an activating group) is 1. The zero-order valence-corrected chi connectivity index (χ0v) is 20.8. The van der Waals surface area contributed by atoms with Crippen LogP contribution >= 0.6 is 0 Å². The molecular formula is C28H32N6O2. The van der Waals surface area contributed by atoms with Gasteiger partial charge in [0.25, 0.3) is 5.91 Å². The smallest absolute Gasteiger partial charge is 0.251 e. The van der Waals surface area contributed by atoms with Crippen molar-refractivity contribution in [3.8, 4) is 17.0 Å². The lowest BCUT2D eigenvalue weighted by molar-refractivity contribution is 0.0949. The molecule has 0 radical (unpaired) electrons. The Kier molecular flexibility index (Phi) is 7.16. The number of anilines is 2. The summed E-state index contributed by atoms with van der Waals surface area (Å²) in [4.78, 5) is 19.4. The Morgan fingerprint density at radius 2 is 1.94 bits per heavy atom. The van der Waals surface area contributed by atoms with E-state index in [9.17, 15) is 4.79 Å². The average Bonchev–Trinajstić information content (AvgIpc) is 3.42. The van der Waals surface area contributed by atoms with Crippen molar-refractivity contribution in [2.75, 3.05) is 38.2 Å². The lowest BCUT2D eigenvalue weighted by Crippen LogP contribution is -2.34. The molecule has 36 heavy (non-hydrogen) atoms. The number of ether oxygens (including phenoxy) is 1. The van der Waals surface area contributed by atoms with Crippen molar-refractivity contribution in [1.82, 2.24) is 24.9 Å². The zero-order valence-electron chi connectivity index (χ0n) is 20.8. The van der Waals surface area contributed by atoms with Gasteiger partial charge in [-0.25, -0.2) is 4.98 Å². The SMILES string of the molecule is CCN(CC)CCNC(=O)c1ccc(Nc2ccc(-c3ccc4c(c3)CNCO4)n3ccnc23)cc1. The Morgan fingerprint density at radius 3 is 2.75 bits per heavy atom. The zero-order chi connectivity index (χ0) is 24.9. The predicted molar refractivity (Wildman–Crippen MR) is 143 cm³/mol. The first-order chi connectivity index (χ1) is 17.7. The van der Waals surface area contributed by atoms with Crippen LogP contribution in [-0.2, 0) is 6.54 Å². The molecule has 8 heteroatoms. The second-order valence-corrected chi connectivity index (χ2v) is 8.78. The molecule has 0 fully saturated rings. The Labute approximate surface area is 211 Å². The molecule has 3 N–H and O–H groups in total. The quantitative estimate of drug-likeness (QED) is 0.329. The van der Waals surface area contributed by atoms with Gasteiger partial charge in [0, 0.05) is 48.8 Å². The molecule has 1 aliphatic heterocycles. The molecule has 1 amide bonds. The second-order valence-electron chi connectivity index (χ2n) is 8.78. The molecule has 2 aromatic heterocycles. The van der Waals surface area contributed by atoms with Crippen molar-refractivity contribution in [3.63, 3.8) is 0 Å². The van der Waals surface area contributed by atoms with Gasteiger partial charge in [-0.3, -0.25) is 14.5 Å². The largest absolute Gasteiger partial charge is 0.478 e. The van der Waals surface area contributed by atoms with Crippen molar-refractivity contribution in [1.29, 1.82) is 0 Å². The third-order valence-corrected chi connectivity index (χ3v) is 6.58. The van der Waals surface area contributed by atoms with Crippen LogP contribution in [0.1, 0.15) is 29.8 Å². The first-order valence-corrected chi connectivity index (χ1v) is 12.5. The molecule has 0 unspecified atom stereocenters. The second kappa shape index (κ2) is 10.8. The van der Waals surface area contributed by atoms with Gasteiger partial charge in [-0.15, -0.1) is 0 Å². The molecule has 0 saturated carbocycles. The molecule has 4 aromatic rings. The number of carbonyl (C=O) groups excluding carboxylic acids is 1. The van der Waals surface area contributed by atoms with E-state index < -0.39 is 0 Å². The number of amides is 1. The highest BCUT2D eigenvalue weighted by molar-refractivity contribution is 5.94. The van der Waals surface area contributed by atoms with Crippen LogP contribution in [0.3, 0.4) is 0 Å². The number of aromatic nitrogens is 2. The summed E-state index contributed by atoms with van der Waals surface area (Å²) in [5.74, 6) is 0.873. The van der Waals surface area contributed by atoms with Crippen LogP contribution < -0.4 is 20.7 Å². The first kappa shape index (κ1) is 23.8. The van der Waals surface area contributed by atoms with Crippen LogP contribution in [0.5, 0.6) is 5.75 Å². The van der Waals surface area contributed by atoms with Gasteiger partial charge >= 0.3 is 0 Å². The number of hydrogen-bond donors (Lipinski definition) is 3. The Morgan fingerprint density at radius 1 is 1.11 bits per heavy atom. The summed E-state index contributed by atoms with van der Waals surface area (Å²) in [5, 5.41) is 9.69. The van der Waals surface area contributed by atoms with Crippen molar-refractivity contribution >= 4 is 22.9 Å². The molecule has 0 bridgehead atoms. The summed E-state index contributed by atoms with van der Waals surface area (Å²) >= 11 is 0. The van der Waals surface area contributed by atoms with E-state index in [-0.39, 0.29) is 5.91 Å². The number of imidazole rings is 1. The molecule has 8 nitrogen and oxygen atoms in total. The van der Waals surface area contributed by atoms with Crippen molar-refractivity contribution in [3.05, 3.63) is 78.1 Å². The lowest BCUT2D eigenvalue weighted by atomic mass is 10.1. The number of benzene rings is 2. The standard InChI is InChI=1S/C28H32N6O2/c1-3-33(4-2)15-13-31-28(35)20-5-8-23(9-6-20)32-24-10-11-25(34-16-14-30-27(24)34)21-7-12-26-22(17-21)18-29-19-36-26/h5-12,14,16-17,29,32H,3-4,13,15,18-19H2,1-2H3,(H,31,35). The molecule has 1 aliphatic rings. The normalized spacial score (nSPS) is 12.9. The maximum Gasteiger partial charge on any atom is 0.251 e. The van der Waals surface area contributed by atoms with Gasteiger partial charge in [0.1, 0.15) is 12.5 Å². The number of fused-ring (bicyclic) bond motifs is 2. The average molecular weight is 485 g/mol. The Bertz CT molecular complexity index is 1340. The van der Waals surface area contributed by atoms with Crippen molar-refractivity contribution in [2.24, 2.45) is 0 Å². The van der Waals surface area contributed by atoms with Gasteiger partial charge in [0.15, 0.2) is 5.65 Å². The Balaban J connectivity index is 1.30. The summed E-state index contributed by atoms with van der Waals surface area (Å²) < 4.78 is 7.75. The maximum atomic E-state index is 12.5. The van der Waals surface area contributed by atoms with Crippen LogP contribution in [-0.4, -0.2) is 53.1 Å². The lowest BCUT2D eigenvalue weighted by Gasteiger charge is -2.19. The van der Waals surface area contributed by atoms with Crippen LogP contribution in [0.15, 0.2) is 67.0 Å². The molecule has 0 atom stereocenters. The molecule has 0 aliphatic carbocycles. The number of carbonyl (C=O) groups is 1. The summed E-state index contributed by atoms with van der Waals surface area (Å²) in [6.07, 6.45) is 3.77. The van der Waals surface area contributed by atoms with E-state index in [0.717, 1.165) is 65.8 Å². The minimum atomic E-state index is -0.0562. The van der Waals surface area contributed by atoms with Gasteiger partial charge in [-0.05, 0) is 73.3 Å². The van der Waals surface area contributed by atoms with Crippen LogP contribution in [0, 0.1) is 0 Å². The van der Waals surface area contributed by atoms with E-state index in [1.165, 1.54) is 0 Å². The third kappa shape index (κ3) is 5.05. The minimum Gasteiger partial charge on any atom is -0.478 e. The van der Waals surface area contributed by atoms with Crippen molar-refractivity contribution < 1.29 is 9.53 Å². The monoisotopic (exact) mass is 484 g/mol. The van der Waals surface area contributed by atoms with Crippen LogP contribution in [0.25, 0.3) is 16.9 Å². The number of nitrogens with one attached hydrogen (secondary N) is 3. The highest BCUT2D eigenvalue weighted by atomic mass is 16.5. The van der Waals surface area contributed by atoms with E-state index in [1.54, 1.807) is 6.20 Å². The highest BCUT2D eigenvalue weighted by Gasteiger charge is 2.14. The molecule has 5 rings (SSSR count). The summed E-state index contributed by atoms with van der Waals surface area (Å²) in [7, 11) is 0. The van der Waals surface area contributed by atoms with E-state index in [0.29, 0.717) is 18.8 Å². The number of nitrogens with zero attached hydrogens (tertiary/aromatic N) is 3. The van der Waals surface area contributed by atoms with Crippen LogP contribution in [0.2, 0.25) is 0 Å². The fraction of sp³-hybridized carbons (Fsp3) is 0.286. The number of hydrogen-bond acceptors (Lipinski definition) is 6. The number of rotatable bonds is 9. The fourth-order valence-electron chi connectivity index (χ4n) is 4.51. The first-order valence-electron chi connectivity index (χ1n) is 12.5. The third-order valence-electron chi connectivity index (χ3n) is 6.58.